The standard InChI is InChI=1S/C15H22O/c1-2-3-4-8-11-15(16)13-12-14-9-6-5-7-10-14/h5-11,15-16H,2-4,12-13H2,1H3/b11-8-/t15-/m0/s1. The third kappa shape index (κ3) is 5.72. The summed E-state index contributed by atoms with van der Waals surface area (Å²) in [5, 5.41) is 9.72. The minimum absolute atomic E-state index is 0.294. The van der Waals surface area contributed by atoms with Gasteiger partial charge in [0.25, 0.3) is 0 Å². The molecule has 1 aromatic carbocycles. The summed E-state index contributed by atoms with van der Waals surface area (Å²) < 4.78 is 0. The fraction of sp³-hybridized carbons (Fsp3) is 0.467. The monoisotopic (exact) mass is 218 g/mol. The van der Waals surface area contributed by atoms with Crippen LogP contribution in [-0.4, -0.2) is 11.2 Å². The summed E-state index contributed by atoms with van der Waals surface area (Å²) >= 11 is 0. The van der Waals surface area contributed by atoms with E-state index in [-0.39, 0.29) is 6.10 Å². The van der Waals surface area contributed by atoms with Gasteiger partial charge in [0.15, 0.2) is 0 Å². The first-order chi connectivity index (χ1) is 7.83. The molecule has 0 radical (unpaired) electrons. The third-order valence-corrected chi connectivity index (χ3v) is 2.65. The smallest absolute Gasteiger partial charge is 0.0724 e. The van der Waals surface area contributed by atoms with Gasteiger partial charge in [-0.3, -0.25) is 0 Å². The van der Waals surface area contributed by atoms with Crippen LogP contribution in [0.4, 0.5) is 0 Å². The van der Waals surface area contributed by atoms with Crippen LogP contribution in [0.25, 0.3) is 0 Å². The maximum absolute atomic E-state index is 9.72. The normalized spacial score (nSPS) is 13.1. The number of rotatable bonds is 7. The van der Waals surface area contributed by atoms with Crippen LogP contribution in [0.2, 0.25) is 0 Å². The van der Waals surface area contributed by atoms with Crippen molar-refractivity contribution in [3.05, 3.63) is 48.0 Å². The summed E-state index contributed by atoms with van der Waals surface area (Å²) in [6, 6.07) is 10.3. The second-order valence-corrected chi connectivity index (χ2v) is 4.16. The maximum Gasteiger partial charge on any atom is 0.0724 e. The first-order valence-electron chi connectivity index (χ1n) is 6.21. The Morgan fingerprint density at radius 3 is 2.69 bits per heavy atom. The number of aliphatic hydroxyl groups is 1. The Labute approximate surface area is 98.8 Å². The van der Waals surface area contributed by atoms with Crippen molar-refractivity contribution in [3.63, 3.8) is 0 Å². The largest absolute Gasteiger partial charge is 0.389 e. The molecule has 0 aliphatic heterocycles. The number of hydrogen-bond donors (Lipinski definition) is 1. The van der Waals surface area contributed by atoms with E-state index >= 15 is 0 Å². The zero-order chi connectivity index (χ0) is 11.6. The summed E-state index contributed by atoms with van der Waals surface area (Å²) in [4.78, 5) is 0. The summed E-state index contributed by atoms with van der Waals surface area (Å²) in [5.74, 6) is 0. The lowest BCUT2D eigenvalue weighted by Crippen LogP contribution is -2.03. The lowest BCUT2D eigenvalue weighted by molar-refractivity contribution is 0.212. The van der Waals surface area contributed by atoms with Gasteiger partial charge in [-0.15, -0.1) is 0 Å². The minimum atomic E-state index is -0.294. The second kappa shape index (κ2) is 8.12. The van der Waals surface area contributed by atoms with Crippen LogP contribution in [0.1, 0.15) is 38.2 Å². The van der Waals surface area contributed by atoms with E-state index in [1.165, 1.54) is 18.4 Å². The van der Waals surface area contributed by atoms with E-state index in [0.717, 1.165) is 19.3 Å². The Hall–Kier alpha value is -1.08. The molecule has 0 saturated carbocycles. The topological polar surface area (TPSA) is 20.2 Å². The number of aryl methyl sites for hydroxylation is 1. The van der Waals surface area contributed by atoms with Crippen LogP contribution in [0.5, 0.6) is 0 Å². The summed E-state index contributed by atoms with van der Waals surface area (Å²) in [5.41, 5.74) is 1.29. The molecule has 0 bridgehead atoms. The molecule has 88 valence electrons. The minimum Gasteiger partial charge on any atom is -0.389 e. The van der Waals surface area contributed by atoms with Gasteiger partial charge in [-0.1, -0.05) is 62.2 Å². The molecule has 1 nitrogen and oxygen atoms in total. The van der Waals surface area contributed by atoms with Gasteiger partial charge in [0.05, 0.1) is 6.10 Å². The molecule has 0 saturated heterocycles. The van der Waals surface area contributed by atoms with Crippen LogP contribution in [-0.2, 0) is 6.42 Å². The molecule has 0 heterocycles. The Morgan fingerprint density at radius 1 is 1.25 bits per heavy atom. The van der Waals surface area contributed by atoms with Crippen LogP contribution < -0.4 is 0 Å². The molecule has 0 spiro atoms. The molecule has 0 fully saturated rings. The van der Waals surface area contributed by atoms with Gasteiger partial charge in [-0.05, 0) is 24.8 Å². The molecule has 1 rings (SSSR count). The van der Waals surface area contributed by atoms with Crippen LogP contribution in [0.15, 0.2) is 42.5 Å². The van der Waals surface area contributed by atoms with Gasteiger partial charge in [0.2, 0.25) is 0 Å². The van der Waals surface area contributed by atoms with Crippen molar-refractivity contribution in [2.75, 3.05) is 0 Å². The average molecular weight is 218 g/mol. The van der Waals surface area contributed by atoms with Gasteiger partial charge in [-0.25, -0.2) is 0 Å². The van der Waals surface area contributed by atoms with Gasteiger partial charge in [0.1, 0.15) is 0 Å². The molecule has 1 atom stereocenters. The lowest BCUT2D eigenvalue weighted by Gasteiger charge is -2.05. The highest BCUT2D eigenvalue weighted by Gasteiger charge is 1.99. The molecular formula is C15H22O. The van der Waals surface area contributed by atoms with E-state index in [0.29, 0.717) is 0 Å². The van der Waals surface area contributed by atoms with Crippen molar-refractivity contribution >= 4 is 0 Å². The Balaban J connectivity index is 2.20. The zero-order valence-electron chi connectivity index (χ0n) is 10.1. The average Bonchev–Trinajstić information content (AvgIpc) is 2.33. The number of unbranched alkanes of at least 4 members (excludes halogenated alkanes) is 2. The van der Waals surface area contributed by atoms with Crippen molar-refractivity contribution in [3.8, 4) is 0 Å². The first-order valence-corrected chi connectivity index (χ1v) is 6.21. The van der Waals surface area contributed by atoms with E-state index in [9.17, 15) is 5.11 Å². The predicted molar refractivity (Wildman–Crippen MR) is 69.4 cm³/mol. The van der Waals surface area contributed by atoms with Gasteiger partial charge in [-0.2, -0.15) is 0 Å². The van der Waals surface area contributed by atoms with Crippen LogP contribution in [0, 0.1) is 0 Å². The Kier molecular flexibility index (Phi) is 6.59. The van der Waals surface area contributed by atoms with Crippen LogP contribution >= 0.6 is 0 Å². The SMILES string of the molecule is CCCC/C=C\[C@H](O)CCc1ccccc1. The quantitative estimate of drug-likeness (QED) is 0.546. The highest BCUT2D eigenvalue weighted by atomic mass is 16.3. The highest BCUT2D eigenvalue weighted by molar-refractivity contribution is 5.14. The van der Waals surface area contributed by atoms with E-state index in [1.54, 1.807) is 0 Å². The van der Waals surface area contributed by atoms with E-state index < -0.39 is 0 Å². The molecular weight excluding hydrogens is 196 g/mol. The Morgan fingerprint density at radius 2 is 2.00 bits per heavy atom. The molecule has 0 aliphatic rings. The fourth-order valence-corrected chi connectivity index (χ4v) is 1.63. The van der Waals surface area contributed by atoms with Gasteiger partial charge >= 0.3 is 0 Å². The predicted octanol–water partition coefficient (Wildman–Crippen LogP) is 3.73. The van der Waals surface area contributed by atoms with Crippen molar-refractivity contribution < 1.29 is 5.11 Å². The van der Waals surface area contributed by atoms with Gasteiger partial charge in [0, 0.05) is 0 Å². The molecule has 0 amide bonds. The molecule has 16 heavy (non-hydrogen) atoms. The Bertz CT molecular complexity index is 290. The van der Waals surface area contributed by atoms with E-state index in [4.69, 9.17) is 0 Å². The molecule has 1 heteroatoms. The van der Waals surface area contributed by atoms with Crippen molar-refractivity contribution in [1.82, 2.24) is 0 Å². The van der Waals surface area contributed by atoms with Crippen molar-refractivity contribution in [2.45, 2.75) is 45.1 Å². The number of allylic oxidation sites excluding steroid dienone is 1. The third-order valence-electron chi connectivity index (χ3n) is 2.65. The molecule has 1 N–H and O–H groups in total. The lowest BCUT2D eigenvalue weighted by atomic mass is 10.1. The zero-order valence-corrected chi connectivity index (χ0v) is 10.1. The van der Waals surface area contributed by atoms with Crippen molar-refractivity contribution in [2.24, 2.45) is 0 Å². The van der Waals surface area contributed by atoms with Gasteiger partial charge < -0.3 is 5.11 Å². The molecule has 0 aromatic heterocycles. The fourth-order valence-electron chi connectivity index (χ4n) is 1.63. The highest BCUT2D eigenvalue weighted by Crippen LogP contribution is 2.06. The van der Waals surface area contributed by atoms with Crippen molar-refractivity contribution in [1.29, 1.82) is 0 Å². The number of aliphatic hydroxyl groups excluding tert-OH is 1. The number of hydrogen-bond acceptors (Lipinski definition) is 1. The first kappa shape index (κ1) is 13.0. The second-order valence-electron chi connectivity index (χ2n) is 4.16. The summed E-state index contributed by atoms with van der Waals surface area (Å²) in [7, 11) is 0. The molecule has 1 aromatic rings. The maximum atomic E-state index is 9.72. The van der Waals surface area contributed by atoms with Crippen LogP contribution in [0.3, 0.4) is 0 Å². The summed E-state index contributed by atoms with van der Waals surface area (Å²) in [6.45, 7) is 2.18. The van der Waals surface area contributed by atoms with E-state index in [2.05, 4.69) is 25.1 Å². The summed E-state index contributed by atoms with van der Waals surface area (Å²) in [6.07, 6.45) is 8.99. The molecule has 0 unspecified atom stereocenters. The molecule has 0 aliphatic carbocycles. The van der Waals surface area contributed by atoms with E-state index in [1.807, 2.05) is 24.3 Å². The number of benzene rings is 1.